The smallest absolute Gasteiger partial charge is 0.0353 e. The van der Waals surface area contributed by atoms with Crippen molar-refractivity contribution in [3.8, 4) is 0 Å². The van der Waals surface area contributed by atoms with Crippen LogP contribution in [0.15, 0.2) is 37.2 Å². The van der Waals surface area contributed by atoms with E-state index in [1.54, 1.807) is 0 Å². The lowest BCUT2D eigenvalue weighted by atomic mass is 10.0. The number of allylic oxidation sites excluding steroid dienone is 1. The first-order valence-electron chi connectivity index (χ1n) is 6.37. The molecule has 108 valence electrons. The van der Waals surface area contributed by atoms with E-state index >= 15 is 0 Å². The van der Waals surface area contributed by atoms with Gasteiger partial charge in [-0.1, -0.05) is 6.08 Å². The van der Waals surface area contributed by atoms with E-state index in [4.69, 9.17) is 0 Å². The molecule has 1 aliphatic heterocycles. The highest BCUT2D eigenvalue weighted by atomic mass is 35.5. The van der Waals surface area contributed by atoms with Crippen LogP contribution in [0.25, 0.3) is 0 Å². The summed E-state index contributed by atoms with van der Waals surface area (Å²) in [5, 5.41) is 3.40. The van der Waals surface area contributed by atoms with Crippen molar-refractivity contribution in [2.75, 3.05) is 26.2 Å². The fourth-order valence-corrected chi connectivity index (χ4v) is 2.42. The van der Waals surface area contributed by atoms with Crippen molar-refractivity contribution in [3.63, 3.8) is 0 Å². The van der Waals surface area contributed by atoms with E-state index in [1.807, 2.05) is 18.5 Å². The van der Waals surface area contributed by atoms with Crippen LogP contribution in [0.1, 0.15) is 24.4 Å². The summed E-state index contributed by atoms with van der Waals surface area (Å²) in [5.41, 5.74) is 1.38. The van der Waals surface area contributed by atoms with Crippen LogP contribution < -0.4 is 5.32 Å². The number of hydrogen-bond donors (Lipinski definition) is 1. The summed E-state index contributed by atoms with van der Waals surface area (Å²) in [5.74, 6) is 0. The molecule has 0 unspecified atom stereocenters. The largest absolute Gasteiger partial charge is 0.314 e. The van der Waals surface area contributed by atoms with Gasteiger partial charge in [-0.05, 0) is 30.5 Å². The molecule has 1 N–H and O–H groups in total. The second kappa shape index (κ2) is 10.2. The van der Waals surface area contributed by atoms with Gasteiger partial charge in [-0.15, -0.1) is 31.4 Å². The number of rotatable bonds is 5. The van der Waals surface area contributed by atoms with Crippen molar-refractivity contribution in [2.24, 2.45) is 0 Å². The molecule has 0 aromatic carbocycles. The third kappa shape index (κ3) is 5.49. The molecule has 2 heterocycles. The summed E-state index contributed by atoms with van der Waals surface area (Å²) in [4.78, 5) is 6.67. The fourth-order valence-electron chi connectivity index (χ4n) is 2.42. The van der Waals surface area contributed by atoms with Crippen LogP contribution in [0.4, 0.5) is 0 Å². The SMILES string of the molecule is C=CCC[C@@H](c1ccncc1)N1CCNCC1.Cl.Cl. The van der Waals surface area contributed by atoms with Crippen molar-refractivity contribution in [1.29, 1.82) is 0 Å². The van der Waals surface area contributed by atoms with Gasteiger partial charge in [0.15, 0.2) is 0 Å². The Kier molecular flexibility index (Phi) is 9.88. The molecular formula is C14H23Cl2N3. The summed E-state index contributed by atoms with van der Waals surface area (Å²) in [6.45, 7) is 8.27. The minimum absolute atomic E-state index is 0. The molecule has 0 saturated carbocycles. The first-order chi connectivity index (χ1) is 8.42. The molecule has 0 aliphatic carbocycles. The van der Waals surface area contributed by atoms with Gasteiger partial charge >= 0.3 is 0 Å². The van der Waals surface area contributed by atoms with E-state index in [2.05, 4.69) is 33.9 Å². The lowest BCUT2D eigenvalue weighted by Gasteiger charge is -2.35. The molecule has 0 amide bonds. The molecular weight excluding hydrogens is 281 g/mol. The number of halogens is 2. The fraction of sp³-hybridized carbons (Fsp3) is 0.500. The Morgan fingerprint density at radius 3 is 2.47 bits per heavy atom. The van der Waals surface area contributed by atoms with Gasteiger partial charge in [-0.2, -0.15) is 0 Å². The van der Waals surface area contributed by atoms with E-state index < -0.39 is 0 Å². The van der Waals surface area contributed by atoms with Crippen molar-refractivity contribution in [2.45, 2.75) is 18.9 Å². The number of hydrogen-bond acceptors (Lipinski definition) is 3. The first-order valence-corrected chi connectivity index (χ1v) is 6.37. The molecule has 19 heavy (non-hydrogen) atoms. The molecule has 1 fully saturated rings. The second-order valence-electron chi connectivity index (χ2n) is 4.45. The van der Waals surface area contributed by atoms with Crippen molar-refractivity contribution < 1.29 is 0 Å². The van der Waals surface area contributed by atoms with E-state index in [0.29, 0.717) is 6.04 Å². The van der Waals surface area contributed by atoms with Crippen LogP contribution in [0.3, 0.4) is 0 Å². The molecule has 2 rings (SSSR count). The molecule has 1 saturated heterocycles. The number of aromatic nitrogens is 1. The number of pyridine rings is 1. The number of piperazine rings is 1. The van der Waals surface area contributed by atoms with E-state index in [1.165, 1.54) is 5.56 Å². The first kappa shape index (κ1) is 18.4. The third-order valence-electron chi connectivity index (χ3n) is 3.33. The maximum atomic E-state index is 4.10. The molecule has 0 bridgehead atoms. The zero-order valence-electron chi connectivity index (χ0n) is 11.1. The van der Waals surface area contributed by atoms with Gasteiger partial charge in [0.05, 0.1) is 0 Å². The monoisotopic (exact) mass is 303 g/mol. The Morgan fingerprint density at radius 2 is 1.89 bits per heavy atom. The predicted molar refractivity (Wildman–Crippen MR) is 85.3 cm³/mol. The second-order valence-corrected chi connectivity index (χ2v) is 4.45. The van der Waals surface area contributed by atoms with Crippen LogP contribution in [0.2, 0.25) is 0 Å². The summed E-state index contributed by atoms with van der Waals surface area (Å²) < 4.78 is 0. The van der Waals surface area contributed by atoms with Gasteiger partial charge in [-0.25, -0.2) is 0 Å². The topological polar surface area (TPSA) is 28.2 Å². The standard InChI is InChI=1S/C14H21N3.2ClH/c1-2-3-4-14(13-5-7-15-8-6-13)17-11-9-16-10-12-17;;/h2,5-8,14,16H,1,3-4,9-12H2;2*1H/t14-;;/m0../s1. The molecule has 0 radical (unpaired) electrons. The summed E-state index contributed by atoms with van der Waals surface area (Å²) in [6, 6.07) is 4.78. The van der Waals surface area contributed by atoms with Gasteiger partial charge in [0.1, 0.15) is 0 Å². The van der Waals surface area contributed by atoms with Crippen LogP contribution in [-0.2, 0) is 0 Å². The molecule has 1 aromatic rings. The van der Waals surface area contributed by atoms with Crippen LogP contribution in [0.5, 0.6) is 0 Å². The average molecular weight is 304 g/mol. The highest BCUT2D eigenvalue weighted by Crippen LogP contribution is 2.25. The quantitative estimate of drug-likeness (QED) is 0.848. The average Bonchev–Trinajstić information content (AvgIpc) is 2.42. The van der Waals surface area contributed by atoms with E-state index in [0.717, 1.165) is 39.0 Å². The highest BCUT2D eigenvalue weighted by Gasteiger charge is 2.21. The van der Waals surface area contributed by atoms with Crippen LogP contribution in [0, 0.1) is 0 Å². The molecule has 1 aromatic heterocycles. The Hall–Kier alpha value is -0.610. The Labute approximate surface area is 128 Å². The van der Waals surface area contributed by atoms with Gasteiger partial charge in [0.25, 0.3) is 0 Å². The molecule has 5 heteroatoms. The zero-order chi connectivity index (χ0) is 11.9. The molecule has 1 aliphatic rings. The lowest BCUT2D eigenvalue weighted by Crippen LogP contribution is -2.45. The Balaban J connectivity index is 0.00000162. The van der Waals surface area contributed by atoms with Crippen LogP contribution in [-0.4, -0.2) is 36.1 Å². The minimum atomic E-state index is 0. The predicted octanol–water partition coefficient (Wildman–Crippen LogP) is 2.84. The van der Waals surface area contributed by atoms with E-state index in [-0.39, 0.29) is 24.8 Å². The maximum absolute atomic E-state index is 4.10. The minimum Gasteiger partial charge on any atom is -0.314 e. The third-order valence-corrected chi connectivity index (χ3v) is 3.33. The summed E-state index contributed by atoms with van der Waals surface area (Å²) in [6.07, 6.45) is 8.00. The zero-order valence-corrected chi connectivity index (χ0v) is 12.8. The van der Waals surface area contributed by atoms with Gasteiger partial charge in [-0.3, -0.25) is 9.88 Å². The normalized spacial score (nSPS) is 16.8. The van der Waals surface area contributed by atoms with Gasteiger partial charge in [0.2, 0.25) is 0 Å². The molecule has 1 atom stereocenters. The Morgan fingerprint density at radius 1 is 1.26 bits per heavy atom. The summed E-state index contributed by atoms with van der Waals surface area (Å²) >= 11 is 0. The highest BCUT2D eigenvalue weighted by molar-refractivity contribution is 5.85. The van der Waals surface area contributed by atoms with Crippen LogP contribution >= 0.6 is 24.8 Å². The van der Waals surface area contributed by atoms with E-state index in [9.17, 15) is 0 Å². The molecule has 3 nitrogen and oxygen atoms in total. The van der Waals surface area contributed by atoms with Crippen molar-refractivity contribution in [1.82, 2.24) is 15.2 Å². The van der Waals surface area contributed by atoms with Crippen molar-refractivity contribution in [3.05, 3.63) is 42.7 Å². The number of nitrogens with zero attached hydrogens (tertiary/aromatic N) is 2. The Bertz CT molecular complexity index is 340. The van der Waals surface area contributed by atoms with Crippen molar-refractivity contribution >= 4 is 24.8 Å². The van der Waals surface area contributed by atoms with Gasteiger partial charge in [0, 0.05) is 44.6 Å². The summed E-state index contributed by atoms with van der Waals surface area (Å²) in [7, 11) is 0. The molecule has 0 spiro atoms. The van der Waals surface area contributed by atoms with Gasteiger partial charge < -0.3 is 5.32 Å². The lowest BCUT2D eigenvalue weighted by molar-refractivity contribution is 0.166. The maximum Gasteiger partial charge on any atom is 0.0353 e. The number of nitrogens with one attached hydrogen (secondary N) is 1.